The van der Waals surface area contributed by atoms with Crippen molar-refractivity contribution in [3.8, 4) is 5.75 Å². The number of fused-ring (bicyclic) bond motifs is 1. The van der Waals surface area contributed by atoms with Gasteiger partial charge in [0.15, 0.2) is 0 Å². The number of rotatable bonds is 4. The normalized spacial score (nSPS) is 20.9. The van der Waals surface area contributed by atoms with E-state index in [9.17, 15) is 9.59 Å². The second kappa shape index (κ2) is 8.34. The van der Waals surface area contributed by atoms with E-state index in [1.54, 1.807) is 13.3 Å². The number of amides is 3. The van der Waals surface area contributed by atoms with Crippen molar-refractivity contribution in [1.82, 2.24) is 9.88 Å². The summed E-state index contributed by atoms with van der Waals surface area (Å²) in [7, 11) is 1.64. The molecule has 0 saturated heterocycles. The molecular formula is C23H28N4O3. The smallest absolute Gasteiger partial charge is 0.323 e. The zero-order valence-electron chi connectivity index (χ0n) is 17.7. The van der Waals surface area contributed by atoms with Gasteiger partial charge in [-0.3, -0.25) is 10.1 Å². The summed E-state index contributed by atoms with van der Waals surface area (Å²) in [5, 5.41) is 5.95. The second-order valence-electron chi connectivity index (χ2n) is 8.19. The Hall–Kier alpha value is -3.09. The zero-order valence-corrected chi connectivity index (χ0v) is 17.7. The highest BCUT2D eigenvalue weighted by molar-refractivity contribution is 5.93. The van der Waals surface area contributed by atoms with Crippen LogP contribution in [0, 0.1) is 19.8 Å². The number of nitrogens with one attached hydrogen (secondary N) is 2. The van der Waals surface area contributed by atoms with Gasteiger partial charge in [-0.05, 0) is 74.9 Å². The van der Waals surface area contributed by atoms with Crippen LogP contribution in [0.3, 0.4) is 0 Å². The molecular weight excluding hydrogens is 380 g/mol. The van der Waals surface area contributed by atoms with Gasteiger partial charge in [-0.15, -0.1) is 0 Å². The van der Waals surface area contributed by atoms with Gasteiger partial charge in [0.2, 0.25) is 5.91 Å². The van der Waals surface area contributed by atoms with Gasteiger partial charge < -0.3 is 15.0 Å². The molecule has 7 nitrogen and oxygen atoms in total. The molecule has 0 bridgehead atoms. The third-order valence-electron chi connectivity index (χ3n) is 6.28. The van der Waals surface area contributed by atoms with Crippen molar-refractivity contribution in [2.45, 2.75) is 52.1 Å². The largest absolute Gasteiger partial charge is 0.496 e. The first-order chi connectivity index (χ1) is 14.5. The lowest BCUT2D eigenvalue weighted by Gasteiger charge is -2.39. The first kappa shape index (κ1) is 20.2. The molecule has 0 atom stereocenters. The van der Waals surface area contributed by atoms with Crippen LogP contribution in [0.2, 0.25) is 0 Å². The van der Waals surface area contributed by atoms with E-state index in [0.29, 0.717) is 12.4 Å². The third kappa shape index (κ3) is 3.97. The molecule has 1 aromatic heterocycles. The molecule has 0 unspecified atom stereocenters. The predicted molar refractivity (Wildman–Crippen MR) is 116 cm³/mol. The van der Waals surface area contributed by atoms with E-state index in [1.165, 1.54) is 0 Å². The molecule has 158 valence electrons. The van der Waals surface area contributed by atoms with Crippen LogP contribution in [0.1, 0.15) is 42.4 Å². The number of ether oxygens (including phenoxy) is 1. The van der Waals surface area contributed by atoms with E-state index in [-0.39, 0.29) is 23.9 Å². The molecule has 1 aliphatic carbocycles. The van der Waals surface area contributed by atoms with Gasteiger partial charge in [-0.2, -0.15) is 0 Å². The van der Waals surface area contributed by atoms with Crippen LogP contribution in [0.5, 0.6) is 5.75 Å². The highest BCUT2D eigenvalue weighted by Gasteiger charge is 2.34. The Bertz CT molecular complexity index is 967. The van der Waals surface area contributed by atoms with E-state index in [4.69, 9.17) is 4.74 Å². The number of urea groups is 1. The summed E-state index contributed by atoms with van der Waals surface area (Å²) in [4.78, 5) is 31.5. The Morgan fingerprint density at radius 2 is 1.93 bits per heavy atom. The molecule has 30 heavy (non-hydrogen) atoms. The van der Waals surface area contributed by atoms with Gasteiger partial charge in [-0.25, -0.2) is 9.78 Å². The van der Waals surface area contributed by atoms with Crippen molar-refractivity contribution in [2.75, 3.05) is 17.7 Å². The highest BCUT2D eigenvalue weighted by Crippen LogP contribution is 2.33. The predicted octanol–water partition coefficient (Wildman–Crippen LogP) is 4.25. The first-order valence-corrected chi connectivity index (χ1v) is 10.4. The van der Waals surface area contributed by atoms with Gasteiger partial charge in [0.1, 0.15) is 11.6 Å². The quantitative estimate of drug-likeness (QED) is 0.792. The molecule has 2 aliphatic rings. The van der Waals surface area contributed by atoms with Crippen LogP contribution in [0.15, 0.2) is 30.5 Å². The van der Waals surface area contributed by atoms with Crippen LogP contribution in [0.4, 0.5) is 16.3 Å². The number of aromatic nitrogens is 1. The zero-order chi connectivity index (χ0) is 21.3. The number of carbonyl (C=O) groups excluding carboxylic acids is 2. The summed E-state index contributed by atoms with van der Waals surface area (Å²) in [5.74, 6) is 1.48. The maximum absolute atomic E-state index is 12.7. The molecule has 7 heteroatoms. The average molecular weight is 409 g/mol. The summed E-state index contributed by atoms with van der Waals surface area (Å²) < 4.78 is 5.27. The Kier molecular flexibility index (Phi) is 5.61. The number of hydrogen-bond acceptors (Lipinski definition) is 4. The van der Waals surface area contributed by atoms with E-state index in [0.717, 1.165) is 53.8 Å². The van der Waals surface area contributed by atoms with Gasteiger partial charge >= 0.3 is 6.03 Å². The third-order valence-corrected chi connectivity index (χ3v) is 6.28. The SMILES string of the molecule is COc1ccc(NC(=O)C2CCC(N3Cc4c(C)ccnc4NC3=O)CC2)cc1C. The summed E-state index contributed by atoms with van der Waals surface area (Å²) in [6.07, 6.45) is 4.91. The van der Waals surface area contributed by atoms with Crippen LogP contribution in [-0.2, 0) is 11.3 Å². The average Bonchev–Trinajstić information content (AvgIpc) is 2.74. The number of aryl methyl sites for hydroxylation is 2. The number of hydrogen-bond donors (Lipinski definition) is 2. The number of carbonyl (C=O) groups is 2. The van der Waals surface area contributed by atoms with E-state index < -0.39 is 0 Å². The van der Waals surface area contributed by atoms with Crippen molar-refractivity contribution in [3.63, 3.8) is 0 Å². The summed E-state index contributed by atoms with van der Waals surface area (Å²) in [6, 6.07) is 7.67. The Morgan fingerprint density at radius 1 is 1.17 bits per heavy atom. The second-order valence-corrected chi connectivity index (χ2v) is 8.19. The van der Waals surface area contributed by atoms with Crippen LogP contribution >= 0.6 is 0 Å². The minimum absolute atomic E-state index is 0.0350. The summed E-state index contributed by atoms with van der Waals surface area (Å²) in [6.45, 7) is 4.57. The Morgan fingerprint density at radius 3 is 2.63 bits per heavy atom. The van der Waals surface area contributed by atoms with E-state index in [2.05, 4.69) is 15.6 Å². The summed E-state index contributed by atoms with van der Waals surface area (Å²) >= 11 is 0. The lowest BCUT2D eigenvalue weighted by atomic mass is 9.84. The van der Waals surface area contributed by atoms with Crippen LogP contribution in [0.25, 0.3) is 0 Å². The van der Waals surface area contributed by atoms with Crippen molar-refractivity contribution in [1.29, 1.82) is 0 Å². The van der Waals surface area contributed by atoms with Gasteiger partial charge in [0.25, 0.3) is 0 Å². The molecule has 4 rings (SSSR count). The maximum Gasteiger partial charge on any atom is 0.323 e. The highest BCUT2D eigenvalue weighted by atomic mass is 16.5. The fraction of sp³-hybridized carbons (Fsp3) is 0.435. The lowest BCUT2D eigenvalue weighted by molar-refractivity contribution is -0.121. The van der Waals surface area contributed by atoms with Crippen LogP contribution < -0.4 is 15.4 Å². The molecule has 0 radical (unpaired) electrons. The van der Waals surface area contributed by atoms with Crippen molar-refractivity contribution < 1.29 is 14.3 Å². The van der Waals surface area contributed by atoms with Crippen LogP contribution in [-0.4, -0.2) is 35.0 Å². The monoisotopic (exact) mass is 408 g/mol. The fourth-order valence-electron chi connectivity index (χ4n) is 4.46. The number of pyridine rings is 1. The minimum atomic E-state index is -0.0952. The fourth-order valence-corrected chi connectivity index (χ4v) is 4.46. The molecule has 2 aromatic rings. The molecule has 3 amide bonds. The molecule has 1 aromatic carbocycles. The molecule has 2 heterocycles. The standard InChI is InChI=1S/C23H28N4O3/c1-14-10-11-24-21-19(14)13-27(23(29)26-21)18-7-4-16(5-8-18)22(28)25-17-6-9-20(30-3)15(2)12-17/h6,9-12,16,18H,4-5,7-8,13H2,1-3H3,(H,25,28)(H,24,26,29). The van der Waals surface area contributed by atoms with Crippen molar-refractivity contribution in [2.24, 2.45) is 5.92 Å². The first-order valence-electron chi connectivity index (χ1n) is 10.4. The molecule has 2 N–H and O–H groups in total. The molecule has 1 aliphatic heterocycles. The van der Waals surface area contributed by atoms with Crippen molar-refractivity contribution in [3.05, 3.63) is 47.2 Å². The number of nitrogens with zero attached hydrogens (tertiary/aromatic N) is 2. The minimum Gasteiger partial charge on any atom is -0.496 e. The maximum atomic E-state index is 12.7. The Balaban J connectivity index is 1.36. The number of methoxy groups -OCH3 is 1. The molecule has 1 fully saturated rings. The lowest BCUT2D eigenvalue weighted by Crippen LogP contribution is -2.47. The van der Waals surface area contributed by atoms with E-state index in [1.807, 2.05) is 43.0 Å². The summed E-state index contributed by atoms with van der Waals surface area (Å²) in [5.41, 5.74) is 3.98. The molecule has 1 saturated carbocycles. The van der Waals surface area contributed by atoms with E-state index >= 15 is 0 Å². The number of benzene rings is 1. The number of anilines is 2. The van der Waals surface area contributed by atoms with Gasteiger partial charge in [-0.1, -0.05) is 0 Å². The van der Waals surface area contributed by atoms with Gasteiger partial charge in [0.05, 0.1) is 13.7 Å². The van der Waals surface area contributed by atoms with Crippen molar-refractivity contribution >= 4 is 23.4 Å². The molecule has 0 spiro atoms. The Labute approximate surface area is 176 Å². The topological polar surface area (TPSA) is 83.6 Å². The van der Waals surface area contributed by atoms with Gasteiger partial charge in [0, 0.05) is 29.4 Å².